The van der Waals surface area contributed by atoms with Crippen LogP contribution in [-0.2, 0) is 26.1 Å². The number of hydrogen-bond acceptors (Lipinski definition) is 7. The molecule has 0 saturated heterocycles. The van der Waals surface area contributed by atoms with Crippen LogP contribution < -0.4 is 9.54 Å². The Kier molecular flexibility index (Phi) is 8.97. The van der Waals surface area contributed by atoms with Gasteiger partial charge in [0.15, 0.2) is 4.80 Å². The second-order valence-corrected chi connectivity index (χ2v) is 10.4. The highest BCUT2D eigenvalue weighted by Crippen LogP contribution is 2.23. The first-order valence-corrected chi connectivity index (χ1v) is 13.2. The molecule has 36 heavy (non-hydrogen) atoms. The average Bonchev–Trinajstić information content (AvgIpc) is 3.19. The van der Waals surface area contributed by atoms with E-state index in [-0.39, 0.29) is 36.7 Å². The van der Waals surface area contributed by atoms with E-state index in [1.165, 1.54) is 52.1 Å². The van der Waals surface area contributed by atoms with E-state index in [0.717, 1.165) is 4.70 Å². The number of ether oxygens (including phenoxy) is 2. The molecule has 0 aliphatic rings. The zero-order valence-electron chi connectivity index (χ0n) is 20.0. The third-order valence-electron chi connectivity index (χ3n) is 5.08. The molecule has 1 heterocycles. The Morgan fingerprint density at radius 1 is 1.11 bits per heavy atom. The van der Waals surface area contributed by atoms with E-state index >= 15 is 0 Å². The minimum absolute atomic E-state index is 0.0362. The Hall–Kier alpha value is -3.54. The number of esters is 1. The lowest BCUT2D eigenvalue weighted by Gasteiger charge is -2.19. The van der Waals surface area contributed by atoms with Gasteiger partial charge in [-0.15, -0.1) is 13.2 Å². The SMILES string of the molecule is C=CCN(CC=C)S(=O)(=O)c1ccc(C(=O)N=c2sc3cc(OC)ccc3n2CC(=O)OCC)cc1. The lowest BCUT2D eigenvalue weighted by atomic mass is 10.2. The number of thiazole rings is 1. The Morgan fingerprint density at radius 2 is 1.78 bits per heavy atom. The van der Waals surface area contributed by atoms with Gasteiger partial charge in [0.05, 0.1) is 28.8 Å². The summed E-state index contributed by atoms with van der Waals surface area (Å²) in [5.74, 6) is -0.409. The molecule has 0 fully saturated rings. The average molecular weight is 530 g/mol. The quantitative estimate of drug-likeness (QED) is 0.278. The summed E-state index contributed by atoms with van der Waals surface area (Å²) in [5.41, 5.74) is 0.900. The molecule has 0 atom stereocenters. The molecule has 0 spiro atoms. The van der Waals surface area contributed by atoms with Crippen LogP contribution in [0.1, 0.15) is 17.3 Å². The molecule has 11 heteroatoms. The Labute approximate surface area is 213 Å². The van der Waals surface area contributed by atoms with Crippen LogP contribution in [0.3, 0.4) is 0 Å². The third kappa shape index (κ3) is 5.99. The lowest BCUT2D eigenvalue weighted by Crippen LogP contribution is -2.31. The van der Waals surface area contributed by atoms with Gasteiger partial charge in [-0.1, -0.05) is 23.5 Å². The summed E-state index contributed by atoms with van der Waals surface area (Å²) in [4.78, 5) is 29.7. The normalized spacial score (nSPS) is 12.0. The van der Waals surface area contributed by atoms with Crippen molar-refractivity contribution in [1.82, 2.24) is 8.87 Å². The Bertz CT molecular complexity index is 1440. The fourth-order valence-corrected chi connectivity index (χ4v) is 5.82. The van der Waals surface area contributed by atoms with Crippen LogP contribution in [0.15, 0.2) is 77.7 Å². The van der Waals surface area contributed by atoms with E-state index in [1.807, 2.05) is 0 Å². The summed E-state index contributed by atoms with van der Waals surface area (Å²) in [7, 11) is -2.24. The van der Waals surface area contributed by atoms with Crippen molar-refractivity contribution in [2.45, 2.75) is 18.4 Å². The Balaban J connectivity index is 1.99. The summed E-state index contributed by atoms with van der Waals surface area (Å²) in [6.45, 7) is 9.26. The maximum atomic E-state index is 13.0. The zero-order valence-corrected chi connectivity index (χ0v) is 21.7. The number of amides is 1. The van der Waals surface area contributed by atoms with Gasteiger partial charge >= 0.3 is 5.97 Å². The van der Waals surface area contributed by atoms with Crippen molar-refractivity contribution in [3.63, 3.8) is 0 Å². The predicted molar refractivity (Wildman–Crippen MR) is 138 cm³/mol. The van der Waals surface area contributed by atoms with Gasteiger partial charge in [-0.2, -0.15) is 9.30 Å². The summed E-state index contributed by atoms with van der Waals surface area (Å²) in [6, 6.07) is 10.9. The van der Waals surface area contributed by atoms with Crippen molar-refractivity contribution in [3.8, 4) is 5.75 Å². The van der Waals surface area contributed by atoms with Gasteiger partial charge < -0.3 is 14.0 Å². The van der Waals surface area contributed by atoms with Gasteiger partial charge in [-0.05, 0) is 49.4 Å². The van der Waals surface area contributed by atoms with E-state index in [2.05, 4.69) is 18.2 Å². The monoisotopic (exact) mass is 529 g/mol. The van der Waals surface area contributed by atoms with Crippen molar-refractivity contribution >= 4 is 43.5 Å². The molecule has 0 bridgehead atoms. The number of carbonyl (C=O) groups is 2. The minimum atomic E-state index is -3.79. The number of carbonyl (C=O) groups excluding carboxylic acids is 2. The number of sulfonamides is 1. The summed E-state index contributed by atoms with van der Waals surface area (Å²) in [6.07, 6.45) is 2.98. The van der Waals surface area contributed by atoms with Crippen molar-refractivity contribution in [2.75, 3.05) is 26.8 Å². The van der Waals surface area contributed by atoms with E-state index in [0.29, 0.717) is 16.1 Å². The molecule has 0 aliphatic carbocycles. The number of hydrogen-bond donors (Lipinski definition) is 0. The van der Waals surface area contributed by atoms with Crippen LogP contribution in [0.25, 0.3) is 10.2 Å². The molecule has 3 rings (SSSR count). The summed E-state index contributed by atoms with van der Waals surface area (Å²) >= 11 is 1.23. The van der Waals surface area contributed by atoms with Crippen LogP contribution >= 0.6 is 11.3 Å². The summed E-state index contributed by atoms with van der Waals surface area (Å²) in [5, 5.41) is 0. The predicted octanol–water partition coefficient (Wildman–Crippen LogP) is 3.38. The van der Waals surface area contributed by atoms with E-state index in [1.54, 1.807) is 36.8 Å². The first-order valence-electron chi connectivity index (χ1n) is 11.0. The zero-order chi connectivity index (χ0) is 26.3. The first-order chi connectivity index (χ1) is 17.2. The molecule has 1 aromatic heterocycles. The molecule has 0 N–H and O–H groups in total. The molecule has 190 valence electrons. The smallest absolute Gasteiger partial charge is 0.326 e. The molecule has 0 radical (unpaired) electrons. The highest BCUT2D eigenvalue weighted by atomic mass is 32.2. The van der Waals surface area contributed by atoms with Crippen LogP contribution in [0.5, 0.6) is 5.75 Å². The highest BCUT2D eigenvalue weighted by molar-refractivity contribution is 7.89. The van der Waals surface area contributed by atoms with Crippen LogP contribution in [0.4, 0.5) is 0 Å². The van der Waals surface area contributed by atoms with Crippen molar-refractivity contribution < 1.29 is 27.5 Å². The molecule has 0 unspecified atom stereocenters. The number of nitrogens with zero attached hydrogens (tertiary/aromatic N) is 3. The standard InChI is InChI=1S/C25H27N3O6S2/c1-5-14-27(15-6-2)36(31,32)20-11-8-18(9-12-20)24(30)26-25-28(17-23(29)34-7-3)21-13-10-19(33-4)16-22(21)35-25/h5-6,8-13,16H,1-2,7,14-15,17H2,3-4H3. The van der Waals surface area contributed by atoms with Gasteiger partial charge in [-0.3, -0.25) is 9.59 Å². The third-order valence-corrected chi connectivity index (χ3v) is 7.97. The molecule has 3 aromatic rings. The number of benzene rings is 2. The van der Waals surface area contributed by atoms with Crippen molar-refractivity contribution in [1.29, 1.82) is 0 Å². The van der Waals surface area contributed by atoms with E-state index in [9.17, 15) is 18.0 Å². The highest BCUT2D eigenvalue weighted by Gasteiger charge is 2.22. The number of fused-ring (bicyclic) bond motifs is 1. The molecule has 0 aliphatic heterocycles. The fourth-order valence-electron chi connectivity index (χ4n) is 3.38. The van der Waals surface area contributed by atoms with Crippen molar-refractivity contribution in [3.05, 3.63) is 78.1 Å². The Morgan fingerprint density at radius 3 is 2.36 bits per heavy atom. The van der Waals surface area contributed by atoms with Gasteiger partial charge in [-0.25, -0.2) is 8.42 Å². The lowest BCUT2D eigenvalue weighted by molar-refractivity contribution is -0.143. The van der Waals surface area contributed by atoms with Gasteiger partial charge in [0, 0.05) is 18.7 Å². The second-order valence-electron chi connectivity index (χ2n) is 7.45. The topological polar surface area (TPSA) is 107 Å². The van der Waals surface area contributed by atoms with E-state index < -0.39 is 21.9 Å². The first kappa shape index (κ1) is 27.1. The maximum absolute atomic E-state index is 13.0. The fraction of sp³-hybridized carbons (Fsp3) is 0.240. The largest absolute Gasteiger partial charge is 0.497 e. The molecular weight excluding hydrogens is 502 g/mol. The van der Waals surface area contributed by atoms with Gasteiger partial charge in [0.25, 0.3) is 5.91 Å². The van der Waals surface area contributed by atoms with Gasteiger partial charge in [0.1, 0.15) is 12.3 Å². The molecule has 1 amide bonds. The van der Waals surface area contributed by atoms with E-state index in [4.69, 9.17) is 9.47 Å². The number of aromatic nitrogens is 1. The molecular formula is C25H27N3O6S2. The maximum Gasteiger partial charge on any atom is 0.326 e. The molecule has 0 saturated carbocycles. The molecule has 9 nitrogen and oxygen atoms in total. The van der Waals surface area contributed by atoms with Crippen LogP contribution in [0, 0.1) is 0 Å². The van der Waals surface area contributed by atoms with Crippen molar-refractivity contribution in [2.24, 2.45) is 4.99 Å². The second kappa shape index (κ2) is 11.9. The van der Waals surface area contributed by atoms with Crippen LogP contribution in [-0.4, -0.2) is 56.0 Å². The number of rotatable bonds is 11. The number of methoxy groups -OCH3 is 1. The summed E-state index contributed by atoms with van der Waals surface area (Å²) < 4.78 is 39.8. The molecule has 2 aromatic carbocycles. The van der Waals surface area contributed by atoms with Gasteiger partial charge in [0.2, 0.25) is 10.0 Å². The van der Waals surface area contributed by atoms with Crippen LogP contribution in [0.2, 0.25) is 0 Å². The minimum Gasteiger partial charge on any atom is -0.497 e.